The molecule has 6 heteroatoms. The van der Waals surface area contributed by atoms with Gasteiger partial charge < -0.3 is 9.64 Å². The number of halogens is 1. The number of ether oxygens (including phenoxy) is 1. The molecular weight excluding hydrogens is 340 g/mol. The third kappa shape index (κ3) is 3.37. The van der Waals surface area contributed by atoms with Crippen LogP contribution in [0.1, 0.15) is 20.9 Å². The summed E-state index contributed by atoms with van der Waals surface area (Å²) < 4.78 is 5.77. The van der Waals surface area contributed by atoms with E-state index < -0.39 is 0 Å². The van der Waals surface area contributed by atoms with E-state index >= 15 is 0 Å². The van der Waals surface area contributed by atoms with Crippen molar-refractivity contribution in [3.8, 4) is 0 Å². The van der Waals surface area contributed by atoms with Gasteiger partial charge in [0.05, 0.1) is 7.11 Å². The Morgan fingerprint density at radius 2 is 2.25 bits per heavy atom. The lowest BCUT2D eigenvalue weighted by molar-refractivity contribution is 0.0594. The fourth-order valence-electron chi connectivity index (χ4n) is 1.81. The van der Waals surface area contributed by atoms with Gasteiger partial charge in [-0.3, -0.25) is 0 Å². The molecule has 0 aliphatic carbocycles. The molecular formula is C14H15BrN2O2S. The number of carbonyl (C=O) groups is 1. The molecule has 0 spiro atoms. The predicted octanol–water partition coefficient (Wildman–Crippen LogP) is 3.64. The standard InChI is InChI=1S/C14H15BrN2O2S/c1-9-12(13(18)19-3)16-14(20-9)17(2)8-10-5-4-6-11(15)7-10/h4-7H,8H2,1-3H3. The van der Waals surface area contributed by atoms with E-state index in [-0.39, 0.29) is 5.97 Å². The number of nitrogens with zero attached hydrogens (tertiary/aromatic N) is 2. The number of methoxy groups -OCH3 is 1. The molecule has 0 unspecified atom stereocenters. The van der Waals surface area contributed by atoms with Gasteiger partial charge >= 0.3 is 5.97 Å². The third-order valence-electron chi connectivity index (χ3n) is 2.80. The summed E-state index contributed by atoms with van der Waals surface area (Å²) >= 11 is 4.95. The Hall–Kier alpha value is -1.40. The van der Waals surface area contributed by atoms with Crippen LogP contribution in [0.3, 0.4) is 0 Å². The van der Waals surface area contributed by atoms with Gasteiger partial charge in [0.1, 0.15) is 0 Å². The molecule has 1 aromatic carbocycles. The van der Waals surface area contributed by atoms with E-state index in [9.17, 15) is 4.79 Å². The number of rotatable bonds is 4. The Balaban J connectivity index is 2.17. The fraction of sp³-hybridized carbons (Fsp3) is 0.286. The highest BCUT2D eigenvalue weighted by Gasteiger charge is 2.17. The monoisotopic (exact) mass is 354 g/mol. The van der Waals surface area contributed by atoms with Crippen molar-refractivity contribution < 1.29 is 9.53 Å². The highest BCUT2D eigenvalue weighted by Crippen LogP contribution is 2.26. The zero-order valence-corrected chi connectivity index (χ0v) is 13.9. The molecule has 20 heavy (non-hydrogen) atoms. The van der Waals surface area contributed by atoms with Gasteiger partial charge in [-0.05, 0) is 24.6 Å². The van der Waals surface area contributed by atoms with Gasteiger partial charge in [-0.1, -0.05) is 28.1 Å². The molecule has 0 fully saturated rings. The number of esters is 1. The molecule has 0 atom stereocenters. The van der Waals surface area contributed by atoms with Crippen LogP contribution in [0.2, 0.25) is 0 Å². The molecule has 0 radical (unpaired) electrons. The second-order valence-electron chi connectivity index (χ2n) is 4.38. The molecule has 0 bridgehead atoms. The molecule has 2 aromatic rings. The quantitative estimate of drug-likeness (QED) is 0.786. The molecule has 0 saturated heterocycles. The molecule has 0 saturated carbocycles. The average Bonchev–Trinajstić information content (AvgIpc) is 2.80. The fourth-order valence-corrected chi connectivity index (χ4v) is 3.11. The third-order valence-corrected chi connectivity index (χ3v) is 4.38. The maximum atomic E-state index is 11.6. The van der Waals surface area contributed by atoms with E-state index in [0.717, 1.165) is 21.0 Å². The lowest BCUT2D eigenvalue weighted by Crippen LogP contribution is -2.16. The number of hydrogen-bond acceptors (Lipinski definition) is 5. The Morgan fingerprint density at radius 1 is 1.50 bits per heavy atom. The SMILES string of the molecule is COC(=O)c1nc(N(C)Cc2cccc(Br)c2)sc1C. The second kappa shape index (κ2) is 6.37. The minimum atomic E-state index is -0.388. The number of aromatic nitrogens is 1. The molecule has 1 aromatic heterocycles. The summed E-state index contributed by atoms with van der Waals surface area (Å²) in [5, 5.41) is 0.808. The van der Waals surface area contributed by atoms with Crippen molar-refractivity contribution in [1.29, 1.82) is 0 Å². The van der Waals surface area contributed by atoms with Crippen LogP contribution in [-0.4, -0.2) is 25.1 Å². The minimum Gasteiger partial charge on any atom is -0.464 e. The minimum absolute atomic E-state index is 0.388. The molecule has 0 N–H and O–H groups in total. The van der Waals surface area contributed by atoms with Crippen molar-refractivity contribution in [3.63, 3.8) is 0 Å². The largest absolute Gasteiger partial charge is 0.464 e. The Kier molecular flexibility index (Phi) is 4.77. The zero-order valence-electron chi connectivity index (χ0n) is 11.5. The summed E-state index contributed by atoms with van der Waals surface area (Å²) in [5.41, 5.74) is 1.57. The molecule has 106 valence electrons. The Morgan fingerprint density at radius 3 is 2.90 bits per heavy atom. The normalized spacial score (nSPS) is 10.4. The predicted molar refractivity (Wildman–Crippen MR) is 84.4 cm³/mol. The Bertz CT molecular complexity index is 627. The average molecular weight is 355 g/mol. The smallest absolute Gasteiger partial charge is 0.357 e. The van der Waals surface area contributed by atoms with Gasteiger partial charge in [0.15, 0.2) is 10.8 Å². The van der Waals surface area contributed by atoms with E-state index in [2.05, 4.69) is 33.0 Å². The number of aryl methyl sites for hydroxylation is 1. The topological polar surface area (TPSA) is 42.4 Å². The lowest BCUT2D eigenvalue weighted by Gasteiger charge is -2.15. The first-order valence-corrected chi connectivity index (χ1v) is 7.63. The number of hydrogen-bond donors (Lipinski definition) is 0. The summed E-state index contributed by atoms with van der Waals surface area (Å²) in [7, 11) is 3.33. The van der Waals surface area contributed by atoms with Crippen LogP contribution in [0.15, 0.2) is 28.7 Å². The van der Waals surface area contributed by atoms with Gasteiger partial charge in [0, 0.05) is 22.9 Å². The molecule has 0 aliphatic heterocycles. The van der Waals surface area contributed by atoms with Crippen molar-refractivity contribution in [2.75, 3.05) is 19.1 Å². The van der Waals surface area contributed by atoms with Gasteiger partial charge in [0.25, 0.3) is 0 Å². The van der Waals surface area contributed by atoms with Gasteiger partial charge in [-0.25, -0.2) is 9.78 Å². The molecule has 1 heterocycles. The van der Waals surface area contributed by atoms with Crippen molar-refractivity contribution in [2.45, 2.75) is 13.5 Å². The van der Waals surface area contributed by atoms with Crippen LogP contribution in [0, 0.1) is 6.92 Å². The molecule has 0 aliphatic rings. The zero-order chi connectivity index (χ0) is 14.7. The van der Waals surface area contributed by atoms with Crippen molar-refractivity contribution in [1.82, 2.24) is 4.98 Å². The molecule has 0 amide bonds. The van der Waals surface area contributed by atoms with E-state index in [1.807, 2.05) is 31.0 Å². The lowest BCUT2D eigenvalue weighted by atomic mass is 10.2. The van der Waals surface area contributed by atoms with Crippen LogP contribution < -0.4 is 4.90 Å². The Labute approximate surface area is 130 Å². The first kappa shape index (κ1) is 15.0. The number of anilines is 1. The maximum Gasteiger partial charge on any atom is 0.357 e. The van der Waals surface area contributed by atoms with Gasteiger partial charge in [-0.2, -0.15) is 0 Å². The highest BCUT2D eigenvalue weighted by molar-refractivity contribution is 9.10. The van der Waals surface area contributed by atoms with E-state index in [0.29, 0.717) is 5.69 Å². The van der Waals surface area contributed by atoms with Crippen molar-refractivity contribution >= 4 is 38.4 Å². The number of carbonyl (C=O) groups excluding carboxylic acids is 1. The number of thiazole rings is 1. The summed E-state index contributed by atoms with van der Waals surface area (Å²) in [6.07, 6.45) is 0. The van der Waals surface area contributed by atoms with Crippen LogP contribution in [0.25, 0.3) is 0 Å². The maximum absolute atomic E-state index is 11.6. The number of benzene rings is 1. The van der Waals surface area contributed by atoms with Crippen LogP contribution in [-0.2, 0) is 11.3 Å². The van der Waals surface area contributed by atoms with Gasteiger partial charge in [0.2, 0.25) is 0 Å². The first-order chi connectivity index (χ1) is 9.51. The summed E-state index contributed by atoms with van der Waals surface area (Å²) in [5.74, 6) is -0.388. The summed E-state index contributed by atoms with van der Waals surface area (Å²) in [6.45, 7) is 2.60. The summed E-state index contributed by atoms with van der Waals surface area (Å²) in [4.78, 5) is 18.8. The van der Waals surface area contributed by atoms with E-state index in [1.165, 1.54) is 24.0 Å². The van der Waals surface area contributed by atoms with E-state index in [4.69, 9.17) is 4.74 Å². The highest BCUT2D eigenvalue weighted by atomic mass is 79.9. The van der Waals surface area contributed by atoms with Crippen molar-refractivity contribution in [2.24, 2.45) is 0 Å². The van der Waals surface area contributed by atoms with Gasteiger partial charge in [-0.15, -0.1) is 11.3 Å². The van der Waals surface area contributed by atoms with Crippen LogP contribution in [0.4, 0.5) is 5.13 Å². The van der Waals surface area contributed by atoms with Crippen LogP contribution >= 0.6 is 27.3 Å². The molecule has 4 nitrogen and oxygen atoms in total. The molecule has 2 rings (SSSR count). The second-order valence-corrected chi connectivity index (χ2v) is 6.48. The van der Waals surface area contributed by atoms with Crippen LogP contribution in [0.5, 0.6) is 0 Å². The summed E-state index contributed by atoms with van der Waals surface area (Å²) in [6, 6.07) is 8.12. The first-order valence-electron chi connectivity index (χ1n) is 6.02. The van der Waals surface area contributed by atoms with E-state index in [1.54, 1.807) is 0 Å². The van der Waals surface area contributed by atoms with Crippen molar-refractivity contribution in [3.05, 3.63) is 44.9 Å².